The van der Waals surface area contributed by atoms with Crippen LogP contribution in [0.2, 0.25) is 0 Å². The third-order valence-corrected chi connectivity index (χ3v) is 5.44. The van der Waals surface area contributed by atoms with E-state index in [0.29, 0.717) is 11.8 Å². The average Bonchev–Trinajstić information content (AvgIpc) is 3.49. The second-order valence-electron chi connectivity index (χ2n) is 7.85. The average molecular weight is 494 g/mol. The van der Waals surface area contributed by atoms with E-state index in [2.05, 4.69) is 25.1 Å². The van der Waals surface area contributed by atoms with E-state index < -0.39 is 35.9 Å². The number of benzene rings is 2. The molecule has 4 aromatic rings. The van der Waals surface area contributed by atoms with E-state index in [9.17, 15) is 27.1 Å². The van der Waals surface area contributed by atoms with Crippen molar-refractivity contribution in [3.05, 3.63) is 84.2 Å². The minimum absolute atomic E-state index is 0.0220. The van der Waals surface area contributed by atoms with Gasteiger partial charge in [-0.15, -0.1) is 5.10 Å². The number of hydrogen-bond donors (Lipinski definition) is 1. The lowest BCUT2D eigenvalue weighted by atomic mass is 9.80. The van der Waals surface area contributed by atoms with Crippen LogP contribution in [-0.4, -0.2) is 47.6 Å². The Labute approximate surface area is 195 Å². The Morgan fingerprint density at radius 3 is 2.46 bits per heavy atom. The maximum absolute atomic E-state index is 14.7. The van der Waals surface area contributed by atoms with E-state index in [1.807, 2.05) is 0 Å². The summed E-state index contributed by atoms with van der Waals surface area (Å²) in [6.45, 7) is -0.0292. The number of alkyl halides is 3. The predicted molar refractivity (Wildman–Crippen MR) is 112 cm³/mol. The minimum atomic E-state index is -4.46. The molecule has 35 heavy (non-hydrogen) atoms. The molecule has 0 aliphatic carbocycles. The highest BCUT2D eigenvalue weighted by molar-refractivity contribution is 5.37. The molecule has 0 fully saturated rings. The van der Waals surface area contributed by atoms with Crippen molar-refractivity contribution in [2.24, 2.45) is 0 Å². The fourth-order valence-corrected chi connectivity index (χ4v) is 3.56. The van der Waals surface area contributed by atoms with Crippen molar-refractivity contribution in [1.82, 2.24) is 29.8 Å². The summed E-state index contributed by atoms with van der Waals surface area (Å²) in [6, 6.07) is 8.53. The van der Waals surface area contributed by atoms with Gasteiger partial charge in [0, 0.05) is 17.5 Å². The molecule has 0 aliphatic heterocycles. The molecule has 0 unspecified atom stereocenters. The standard InChI is InChI=1S/C22H19F5N6O2/c1-14(21(34,10-32-13-28-12-29-32)18-7-2-15(23)8-19(18)24)20-9-33(31-30-20)16-3-5-17(6-4-16)35-11-22(25,26)27/h2-9,12-14,34H,10-11H2,1H3/t14-,21+/m0/s1. The zero-order valence-electron chi connectivity index (χ0n) is 18.2. The van der Waals surface area contributed by atoms with Crippen LogP contribution < -0.4 is 4.74 Å². The van der Waals surface area contributed by atoms with Gasteiger partial charge in [-0.2, -0.15) is 18.3 Å². The highest BCUT2D eigenvalue weighted by atomic mass is 19.4. The van der Waals surface area contributed by atoms with Gasteiger partial charge in [-0.3, -0.25) is 0 Å². The molecule has 1 N–H and O–H groups in total. The summed E-state index contributed by atoms with van der Waals surface area (Å²) in [7, 11) is 0. The smallest absolute Gasteiger partial charge is 0.422 e. The Bertz CT molecular complexity index is 1280. The van der Waals surface area contributed by atoms with Crippen LogP contribution in [0.5, 0.6) is 5.75 Å². The zero-order valence-corrected chi connectivity index (χ0v) is 18.2. The van der Waals surface area contributed by atoms with E-state index in [0.717, 1.165) is 12.1 Å². The molecule has 0 saturated heterocycles. The van der Waals surface area contributed by atoms with E-state index in [1.165, 1.54) is 52.5 Å². The third kappa shape index (κ3) is 5.45. The summed E-state index contributed by atoms with van der Waals surface area (Å²) in [5.74, 6) is -2.57. The normalized spacial score (nSPS) is 14.5. The van der Waals surface area contributed by atoms with Gasteiger partial charge in [0.1, 0.15) is 35.6 Å². The molecule has 2 aromatic heterocycles. The fourth-order valence-electron chi connectivity index (χ4n) is 3.56. The highest BCUT2D eigenvalue weighted by Crippen LogP contribution is 2.39. The molecule has 4 rings (SSSR count). The first kappa shape index (κ1) is 24.3. The van der Waals surface area contributed by atoms with Crippen molar-refractivity contribution in [2.75, 3.05) is 6.61 Å². The Balaban J connectivity index is 1.61. The molecule has 0 spiro atoms. The van der Waals surface area contributed by atoms with Crippen LogP contribution in [0.1, 0.15) is 24.1 Å². The van der Waals surface area contributed by atoms with Crippen molar-refractivity contribution in [3.8, 4) is 11.4 Å². The molecular weight excluding hydrogens is 475 g/mol. The van der Waals surface area contributed by atoms with Gasteiger partial charge in [-0.1, -0.05) is 18.2 Å². The number of ether oxygens (including phenoxy) is 1. The minimum Gasteiger partial charge on any atom is -0.484 e. The Kier molecular flexibility index (Phi) is 6.52. The molecule has 0 aliphatic rings. The van der Waals surface area contributed by atoms with Gasteiger partial charge >= 0.3 is 6.18 Å². The maximum Gasteiger partial charge on any atom is 0.422 e. The van der Waals surface area contributed by atoms with Gasteiger partial charge < -0.3 is 9.84 Å². The maximum atomic E-state index is 14.7. The van der Waals surface area contributed by atoms with E-state index in [-0.39, 0.29) is 23.6 Å². The van der Waals surface area contributed by atoms with Gasteiger partial charge in [-0.25, -0.2) is 23.1 Å². The molecule has 13 heteroatoms. The van der Waals surface area contributed by atoms with Crippen LogP contribution in [0, 0.1) is 11.6 Å². The molecule has 184 valence electrons. The zero-order chi connectivity index (χ0) is 25.2. The van der Waals surface area contributed by atoms with Crippen LogP contribution in [-0.2, 0) is 12.1 Å². The van der Waals surface area contributed by atoms with Crippen molar-refractivity contribution >= 4 is 0 Å². The number of aliphatic hydroxyl groups is 1. The number of nitrogens with zero attached hydrogens (tertiary/aromatic N) is 6. The summed E-state index contributed by atoms with van der Waals surface area (Å²) in [5.41, 5.74) is -1.35. The molecule has 8 nitrogen and oxygen atoms in total. The molecular formula is C22H19F5N6O2. The van der Waals surface area contributed by atoms with Gasteiger partial charge in [0.25, 0.3) is 0 Å². The number of hydrogen-bond acceptors (Lipinski definition) is 6. The Morgan fingerprint density at radius 2 is 1.83 bits per heavy atom. The molecule has 0 saturated carbocycles. The summed E-state index contributed by atoms with van der Waals surface area (Å²) in [5, 5.41) is 23.7. The molecule has 2 aromatic carbocycles. The quantitative estimate of drug-likeness (QED) is 0.375. The van der Waals surface area contributed by atoms with Crippen LogP contribution in [0.4, 0.5) is 22.0 Å². The predicted octanol–water partition coefficient (Wildman–Crippen LogP) is 3.77. The first-order valence-electron chi connectivity index (χ1n) is 10.3. The SMILES string of the molecule is C[C@@H](c1cn(-c2ccc(OCC(F)(F)F)cc2)nn1)[C@](O)(Cn1cncn1)c1ccc(F)cc1F. The number of aromatic nitrogens is 6. The Morgan fingerprint density at radius 1 is 1.09 bits per heavy atom. The fraction of sp³-hybridized carbons (Fsp3) is 0.273. The summed E-state index contributed by atoms with van der Waals surface area (Å²) >= 11 is 0. The topological polar surface area (TPSA) is 90.9 Å². The largest absolute Gasteiger partial charge is 0.484 e. The van der Waals surface area contributed by atoms with E-state index >= 15 is 0 Å². The second kappa shape index (κ2) is 9.41. The van der Waals surface area contributed by atoms with Crippen molar-refractivity contribution < 1.29 is 31.8 Å². The molecule has 0 radical (unpaired) electrons. The monoisotopic (exact) mass is 494 g/mol. The summed E-state index contributed by atoms with van der Waals surface area (Å²) < 4.78 is 72.6. The molecule has 2 atom stereocenters. The van der Waals surface area contributed by atoms with Gasteiger partial charge in [0.2, 0.25) is 0 Å². The first-order valence-corrected chi connectivity index (χ1v) is 10.3. The van der Waals surface area contributed by atoms with Crippen LogP contribution >= 0.6 is 0 Å². The summed E-state index contributed by atoms with van der Waals surface area (Å²) in [4.78, 5) is 3.83. The second-order valence-corrected chi connectivity index (χ2v) is 7.85. The third-order valence-electron chi connectivity index (χ3n) is 5.44. The van der Waals surface area contributed by atoms with Crippen LogP contribution in [0.25, 0.3) is 5.69 Å². The molecule has 2 heterocycles. The lowest BCUT2D eigenvalue weighted by Gasteiger charge is -2.33. The van der Waals surface area contributed by atoms with Crippen LogP contribution in [0.3, 0.4) is 0 Å². The van der Waals surface area contributed by atoms with Crippen LogP contribution in [0.15, 0.2) is 61.3 Å². The molecule has 0 bridgehead atoms. The first-order chi connectivity index (χ1) is 16.5. The Hall–Kier alpha value is -3.87. The lowest BCUT2D eigenvalue weighted by molar-refractivity contribution is -0.153. The van der Waals surface area contributed by atoms with E-state index in [1.54, 1.807) is 6.92 Å². The van der Waals surface area contributed by atoms with Gasteiger partial charge in [0.15, 0.2) is 6.61 Å². The summed E-state index contributed by atoms with van der Waals surface area (Å²) in [6.07, 6.45) is -0.366. The van der Waals surface area contributed by atoms with Crippen molar-refractivity contribution in [2.45, 2.75) is 31.2 Å². The number of rotatable bonds is 8. The lowest BCUT2D eigenvalue weighted by Crippen LogP contribution is -2.38. The van der Waals surface area contributed by atoms with Crippen molar-refractivity contribution in [3.63, 3.8) is 0 Å². The number of halogens is 5. The molecule has 0 amide bonds. The van der Waals surface area contributed by atoms with Crippen molar-refractivity contribution in [1.29, 1.82) is 0 Å². The van der Waals surface area contributed by atoms with E-state index in [4.69, 9.17) is 0 Å². The highest BCUT2D eigenvalue weighted by Gasteiger charge is 2.41. The van der Waals surface area contributed by atoms with Gasteiger partial charge in [0.05, 0.1) is 24.1 Å². The van der Waals surface area contributed by atoms with Gasteiger partial charge in [-0.05, 0) is 30.3 Å².